The summed E-state index contributed by atoms with van der Waals surface area (Å²) in [6, 6.07) is 5.53. The van der Waals surface area contributed by atoms with E-state index in [1.165, 1.54) is 0 Å². The van der Waals surface area contributed by atoms with Gasteiger partial charge in [0.05, 0.1) is 12.3 Å². The number of ether oxygens (including phenoxy) is 1. The van der Waals surface area contributed by atoms with Gasteiger partial charge in [0.25, 0.3) is 0 Å². The van der Waals surface area contributed by atoms with Crippen LogP contribution < -0.4 is 0 Å². The molecule has 0 unspecified atom stereocenters. The van der Waals surface area contributed by atoms with Crippen molar-refractivity contribution in [1.29, 1.82) is 0 Å². The van der Waals surface area contributed by atoms with E-state index in [-0.39, 0.29) is 0 Å². The van der Waals surface area contributed by atoms with Crippen molar-refractivity contribution in [2.75, 3.05) is 6.61 Å². The lowest BCUT2D eigenvalue weighted by atomic mass is 10.4. The van der Waals surface area contributed by atoms with E-state index >= 15 is 0 Å². The molecule has 0 bridgehead atoms. The third-order valence-corrected chi connectivity index (χ3v) is 1.58. The average molecular weight is 186 g/mol. The van der Waals surface area contributed by atoms with Crippen LogP contribution in [-0.4, -0.2) is 11.6 Å². The molecule has 1 aromatic rings. The molecule has 66 valence electrons. The Hall–Kier alpha value is -0.600. The number of rotatable bonds is 4. The van der Waals surface area contributed by atoms with Crippen molar-refractivity contribution in [3.8, 4) is 0 Å². The molecule has 1 heterocycles. The van der Waals surface area contributed by atoms with Gasteiger partial charge in [-0.3, -0.25) is 0 Å². The number of hydrogen-bond acceptors (Lipinski definition) is 2. The zero-order valence-corrected chi connectivity index (χ0v) is 7.84. The van der Waals surface area contributed by atoms with Crippen LogP contribution in [0, 0.1) is 0 Å². The van der Waals surface area contributed by atoms with Crippen molar-refractivity contribution in [3.63, 3.8) is 0 Å². The first kappa shape index (κ1) is 9.49. The van der Waals surface area contributed by atoms with Gasteiger partial charge in [0, 0.05) is 6.61 Å². The zero-order chi connectivity index (χ0) is 8.81. The van der Waals surface area contributed by atoms with Gasteiger partial charge in [-0.25, -0.2) is 4.98 Å². The summed E-state index contributed by atoms with van der Waals surface area (Å²) in [5, 5.41) is 0.521. The van der Waals surface area contributed by atoms with E-state index in [0.29, 0.717) is 11.8 Å². The molecule has 0 aliphatic carbocycles. The number of nitrogens with zero attached hydrogens (tertiary/aromatic N) is 1. The van der Waals surface area contributed by atoms with Crippen molar-refractivity contribution in [3.05, 3.63) is 29.0 Å². The Labute approximate surface area is 77.5 Å². The molecule has 0 aromatic carbocycles. The van der Waals surface area contributed by atoms with Gasteiger partial charge in [-0.1, -0.05) is 24.6 Å². The monoisotopic (exact) mass is 185 g/mol. The predicted octanol–water partition coefficient (Wildman–Crippen LogP) is 2.66. The van der Waals surface area contributed by atoms with Crippen molar-refractivity contribution >= 4 is 11.6 Å². The fraction of sp³-hybridized carbons (Fsp3) is 0.444. The molecule has 0 radical (unpaired) electrons. The minimum absolute atomic E-state index is 0.521. The number of aromatic nitrogens is 1. The zero-order valence-electron chi connectivity index (χ0n) is 7.09. The summed E-state index contributed by atoms with van der Waals surface area (Å²) in [4.78, 5) is 4.09. The lowest BCUT2D eigenvalue weighted by molar-refractivity contribution is 0.119. The molecule has 0 aliphatic rings. The highest BCUT2D eigenvalue weighted by Crippen LogP contribution is 2.05. The summed E-state index contributed by atoms with van der Waals surface area (Å²) in [5.41, 5.74) is 0.885. The molecule has 1 aromatic heterocycles. The normalized spacial score (nSPS) is 10.2. The topological polar surface area (TPSA) is 22.1 Å². The highest BCUT2D eigenvalue weighted by Gasteiger charge is 1.94. The summed E-state index contributed by atoms with van der Waals surface area (Å²) in [6.45, 7) is 3.40. The molecule has 3 heteroatoms. The molecule has 1 rings (SSSR count). The first-order valence-corrected chi connectivity index (χ1v) is 4.40. The minimum atomic E-state index is 0.521. The Kier molecular flexibility index (Phi) is 4.05. The molecule has 12 heavy (non-hydrogen) atoms. The molecule has 0 saturated carbocycles. The van der Waals surface area contributed by atoms with Crippen LogP contribution in [0.2, 0.25) is 5.15 Å². The van der Waals surface area contributed by atoms with Crippen molar-refractivity contribution in [1.82, 2.24) is 4.98 Å². The molecular weight excluding hydrogens is 174 g/mol. The second kappa shape index (κ2) is 5.12. The molecular formula is C9H12ClNO. The minimum Gasteiger partial charge on any atom is -0.375 e. The lowest BCUT2D eigenvalue weighted by Gasteiger charge is -2.01. The molecule has 0 fully saturated rings. The smallest absolute Gasteiger partial charge is 0.129 e. The van der Waals surface area contributed by atoms with Gasteiger partial charge in [0.2, 0.25) is 0 Å². The van der Waals surface area contributed by atoms with E-state index in [0.717, 1.165) is 18.7 Å². The summed E-state index contributed by atoms with van der Waals surface area (Å²) >= 11 is 5.69. The Morgan fingerprint density at radius 2 is 2.33 bits per heavy atom. The third kappa shape index (κ3) is 3.20. The van der Waals surface area contributed by atoms with Crippen LogP contribution in [0.3, 0.4) is 0 Å². The second-order valence-electron chi connectivity index (χ2n) is 2.50. The maximum absolute atomic E-state index is 5.69. The van der Waals surface area contributed by atoms with E-state index in [2.05, 4.69) is 11.9 Å². The molecule has 2 nitrogen and oxygen atoms in total. The SMILES string of the molecule is CCCOCc1cccc(Cl)n1. The molecule has 0 N–H and O–H groups in total. The number of halogens is 1. The molecule has 0 aliphatic heterocycles. The van der Waals surface area contributed by atoms with Crippen LogP contribution in [0.4, 0.5) is 0 Å². The van der Waals surface area contributed by atoms with E-state index < -0.39 is 0 Å². The van der Waals surface area contributed by atoms with E-state index in [1.807, 2.05) is 12.1 Å². The predicted molar refractivity (Wildman–Crippen MR) is 49.2 cm³/mol. The fourth-order valence-electron chi connectivity index (χ4n) is 0.852. The lowest BCUT2D eigenvalue weighted by Crippen LogP contribution is -1.96. The Morgan fingerprint density at radius 1 is 1.50 bits per heavy atom. The van der Waals surface area contributed by atoms with Crippen LogP contribution in [0.1, 0.15) is 19.0 Å². The number of hydrogen-bond donors (Lipinski definition) is 0. The van der Waals surface area contributed by atoms with Crippen molar-refractivity contribution in [2.24, 2.45) is 0 Å². The second-order valence-corrected chi connectivity index (χ2v) is 2.89. The fourth-order valence-corrected chi connectivity index (χ4v) is 1.03. The first-order valence-electron chi connectivity index (χ1n) is 4.02. The molecule has 0 atom stereocenters. The summed E-state index contributed by atoms with van der Waals surface area (Å²) in [6.07, 6.45) is 1.03. The third-order valence-electron chi connectivity index (χ3n) is 1.37. The van der Waals surface area contributed by atoms with Gasteiger partial charge in [0.15, 0.2) is 0 Å². The molecule has 0 spiro atoms. The molecule has 0 saturated heterocycles. The van der Waals surface area contributed by atoms with Gasteiger partial charge >= 0.3 is 0 Å². The average Bonchev–Trinajstić information content (AvgIpc) is 2.05. The highest BCUT2D eigenvalue weighted by molar-refractivity contribution is 6.29. The van der Waals surface area contributed by atoms with Gasteiger partial charge in [0.1, 0.15) is 5.15 Å². The van der Waals surface area contributed by atoms with Crippen molar-refractivity contribution in [2.45, 2.75) is 20.0 Å². The van der Waals surface area contributed by atoms with Crippen molar-refractivity contribution < 1.29 is 4.74 Å². The van der Waals surface area contributed by atoms with Gasteiger partial charge in [-0.15, -0.1) is 0 Å². The Balaban J connectivity index is 2.41. The Morgan fingerprint density at radius 3 is 3.00 bits per heavy atom. The van der Waals surface area contributed by atoms with Gasteiger partial charge in [-0.2, -0.15) is 0 Å². The first-order chi connectivity index (χ1) is 5.83. The maximum Gasteiger partial charge on any atom is 0.129 e. The summed E-state index contributed by atoms with van der Waals surface area (Å²) < 4.78 is 5.30. The summed E-state index contributed by atoms with van der Waals surface area (Å²) in [7, 11) is 0. The van der Waals surface area contributed by atoms with Crippen LogP contribution in [0.15, 0.2) is 18.2 Å². The van der Waals surface area contributed by atoms with Crippen LogP contribution in [0.5, 0.6) is 0 Å². The van der Waals surface area contributed by atoms with Crippen LogP contribution in [0.25, 0.3) is 0 Å². The Bertz CT molecular complexity index is 240. The van der Waals surface area contributed by atoms with E-state index in [9.17, 15) is 0 Å². The number of pyridine rings is 1. The van der Waals surface area contributed by atoms with E-state index in [1.54, 1.807) is 6.07 Å². The van der Waals surface area contributed by atoms with E-state index in [4.69, 9.17) is 16.3 Å². The van der Waals surface area contributed by atoms with Gasteiger partial charge in [-0.05, 0) is 18.6 Å². The van der Waals surface area contributed by atoms with Gasteiger partial charge < -0.3 is 4.74 Å². The molecule has 0 amide bonds. The summed E-state index contributed by atoms with van der Waals surface area (Å²) in [5.74, 6) is 0. The van der Waals surface area contributed by atoms with Crippen LogP contribution in [-0.2, 0) is 11.3 Å². The largest absolute Gasteiger partial charge is 0.375 e. The maximum atomic E-state index is 5.69. The van der Waals surface area contributed by atoms with Crippen LogP contribution >= 0.6 is 11.6 Å². The standard InChI is InChI=1S/C9H12ClNO/c1-2-6-12-7-8-4-3-5-9(10)11-8/h3-5H,2,6-7H2,1H3. The highest BCUT2D eigenvalue weighted by atomic mass is 35.5. The quantitative estimate of drug-likeness (QED) is 0.532.